The van der Waals surface area contributed by atoms with Crippen LogP contribution in [0.2, 0.25) is 5.02 Å². The lowest BCUT2D eigenvalue weighted by Crippen LogP contribution is -2.51. The minimum Gasteiger partial charge on any atom is -0.367 e. The average molecular weight is 433 g/mol. The predicted molar refractivity (Wildman–Crippen MR) is 117 cm³/mol. The second-order valence-corrected chi connectivity index (χ2v) is 10.0. The molecule has 6 nitrogen and oxygen atoms in total. The number of anilines is 1. The number of nitrogens with zero attached hydrogens (tertiary/aromatic N) is 3. The summed E-state index contributed by atoms with van der Waals surface area (Å²) in [5.41, 5.74) is 2.21. The van der Waals surface area contributed by atoms with Crippen molar-refractivity contribution < 1.29 is 8.42 Å². The summed E-state index contributed by atoms with van der Waals surface area (Å²) in [4.78, 5) is 6.85. The topological polar surface area (TPSA) is 67.2 Å². The van der Waals surface area contributed by atoms with Crippen LogP contribution in [0, 0.1) is 5.92 Å². The number of rotatable bonds is 5. The molecule has 1 aliphatic rings. The maximum absolute atomic E-state index is 13.2. The van der Waals surface area contributed by atoms with E-state index in [1.54, 1.807) is 24.3 Å². The molecular formula is C21H25ClN4O2S. The average Bonchev–Trinajstić information content (AvgIpc) is 3.13. The van der Waals surface area contributed by atoms with Gasteiger partial charge in [0.2, 0.25) is 0 Å². The Kier molecular flexibility index (Phi) is 5.55. The van der Waals surface area contributed by atoms with Crippen LogP contribution in [0.4, 0.5) is 5.69 Å². The van der Waals surface area contributed by atoms with E-state index in [4.69, 9.17) is 11.6 Å². The Morgan fingerprint density at radius 1 is 1.21 bits per heavy atom. The Bertz CT molecular complexity index is 1130. The van der Waals surface area contributed by atoms with Crippen molar-refractivity contribution in [3.05, 3.63) is 53.8 Å². The van der Waals surface area contributed by atoms with E-state index in [0.717, 1.165) is 31.7 Å². The van der Waals surface area contributed by atoms with E-state index < -0.39 is 10.0 Å². The molecule has 1 N–H and O–H groups in total. The Labute approximate surface area is 176 Å². The van der Waals surface area contributed by atoms with E-state index in [0.29, 0.717) is 23.0 Å². The molecule has 0 saturated carbocycles. The van der Waals surface area contributed by atoms with E-state index in [1.165, 1.54) is 16.4 Å². The van der Waals surface area contributed by atoms with Crippen molar-refractivity contribution in [1.29, 1.82) is 0 Å². The summed E-state index contributed by atoms with van der Waals surface area (Å²) >= 11 is 6.16. The lowest BCUT2D eigenvalue weighted by Gasteiger charge is -2.36. The summed E-state index contributed by atoms with van der Waals surface area (Å²) in [6.07, 6.45) is 2.47. The third-order valence-corrected chi connectivity index (χ3v) is 7.41. The molecule has 4 rings (SSSR count). The van der Waals surface area contributed by atoms with Crippen LogP contribution >= 0.6 is 11.6 Å². The number of para-hydroxylation sites is 1. The zero-order valence-electron chi connectivity index (χ0n) is 16.5. The van der Waals surface area contributed by atoms with Crippen molar-refractivity contribution in [3.8, 4) is 0 Å². The lowest BCUT2D eigenvalue weighted by atomic mass is 10.0. The summed E-state index contributed by atoms with van der Waals surface area (Å²) in [5.74, 6) is 0.614. The van der Waals surface area contributed by atoms with Crippen molar-refractivity contribution in [2.24, 2.45) is 5.92 Å². The highest BCUT2D eigenvalue weighted by Crippen LogP contribution is 2.30. The Morgan fingerprint density at radius 2 is 2.00 bits per heavy atom. The van der Waals surface area contributed by atoms with Crippen LogP contribution in [0.25, 0.3) is 11.0 Å². The highest BCUT2D eigenvalue weighted by atomic mass is 35.5. The Morgan fingerprint density at radius 3 is 2.76 bits per heavy atom. The fraction of sp³-hybridized carbons (Fsp3) is 0.381. The number of halogens is 1. The molecule has 1 aromatic heterocycles. The fourth-order valence-corrected chi connectivity index (χ4v) is 5.76. The number of benzene rings is 2. The number of fused-ring (bicyclic) bond motifs is 1. The number of nitrogens with one attached hydrogen (secondary N) is 1. The smallest absolute Gasteiger partial charge is 0.270 e. The van der Waals surface area contributed by atoms with Gasteiger partial charge in [-0.2, -0.15) is 0 Å². The highest BCUT2D eigenvalue weighted by Gasteiger charge is 2.26. The van der Waals surface area contributed by atoms with Gasteiger partial charge in [0.25, 0.3) is 10.0 Å². The van der Waals surface area contributed by atoms with Crippen molar-refractivity contribution in [2.45, 2.75) is 31.2 Å². The van der Waals surface area contributed by atoms with Crippen LogP contribution in [0.15, 0.2) is 53.7 Å². The van der Waals surface area contributed by atoms with Crippen molar-refractivity contribution >= 4 is 38.3 Å². The monoisotopic (exact) mass is 432 g/mol. The maximum Gasteiger partial charge on any atom is 0.270 e. The molecule has 1 unspecified atom stereocenters. The summed E-state index contributed by atoms with van der Waals surface area (Å²) in [7, 11) is -3.84. The number of hydrogen-bond acceptors (Lipinski definition) is 5. The van der Waals surface area contributed by atoms with Crippen molar-refractivity contribution in [1.82, 2.24) is 14.3 Å². The first-order chi connectivity index (χ1) is 13.9. The van der Waals surface area contributed by atoms with Gasteiger partial charge in [0.15, 0.2) is 0 Å². The van der Waals surface area contributed by atoms with Gasteiger partial charge >= 0.3 is 0 Å². The van der Waals surface area contributed by atoms with Crippen molar-refractivity contribution in [3.63, 3.8) is 0 Å². The largest absolute Gasteiger partial charge is 0.367 e. The van der Waals surface area contributed by atoms with Crippen molar-refractivity contribution in [2.75, 3.05) is 24.5 Å². The van der Waals surface area contributed by atoms with Crippen LogP contribution in [0.5, 0.6) is 0 Å². The molecule has 1 saturated heterocycles. The predicted octanol–water partition coefficient (Wildman–Crippen LogP) is 3.75. The third-order valence-electron chi connectivity index (χ3n) is 5.25. The molecule has 29 heavy (non-hydrogen) atoms. The highest BCUT2D eigenvalue weighted by molar-refractivity contribution is 7.90. The number of aromatic nitrogens is 2. The van der Waals surface area contributed by atoms with E-state index in [2.05, 4.69) is 29.0 Å². The minimum atomic E-state index is -3.84. The van der Waals surface area contributed by atoms with Gasteiger partial charge in [-0.05, 0) is 36.6 Å². The molecule has 1 fully saturated rings. The van der Waals surface area contributed by atoms with Gasteiger partial charge in [-0.1, -0.05) is 43.6 Å². The molecule has 0 radical (unpaired) electrons. The Hall–Kier alpha value is -2.09. The molecule has 0 aliphatic carbocycles. The Balaban J connectivity index is 1.74. The molecule has 154 valence electrons. The number of piperazine rings is 1. The number of hydrogen-bond donors (Lipinski definition) is 1. The maximum atomic E-state index is 13.2. The van der Waals surface area contributed by atoms with Crippen LogP contribution in [0.3, 0.4) is 0 Å². The molecule has 8 heteroatoms. The van der Waals surface area contributed by atoms with E-state index in [9.17, 15) is 8.42 Å². The van der Waals surface area contributed by atoms with E-state index in [-0.39, 0.29) is 9.92 Å². The number of imidazole rings is 1. The quantitative estimate of drug-likeness (QED) is 0.665. The molecule has 0 bridgehead atoms. The molecule has 1 atom stereocenters. The minimum absolute atomic E-state index is 0.0746. The van der Waals surface area contributed by atoms with Crippen LogP contribution in [0.1, 0.15) is 20.3 Å². The van der Waals surface area contributed by atoms with Gasteiger partial charge in [0, 0.05) is 25.7 Å². The normalized spacial score (nSPS) is 17.9. The van der Waals surface area contributed by atoms with Crippen LogP contribution in [-0.4, -0.2) is 43.1 Å². The zero-order valence-corrected chi connectivity index (χ0v) is 18.1. The van der Waals surface area contributed by atoms with Gasteiger partial charge < -0.3 is 10.2 Å². The molecular weight excluding hydrogens is 408 g/mol. The van der Waals surface area contributed by atoms with E-state index in [1.807, 2.05) is 12.1 Å². The van der Waals surface area contributed by atoms with Crippen LogP contribution in [-0.2, 0) is 10.0 Å². The van der Waals surface area contributed by atoms with Gasteiger partial charge in [-0.3, -0.25) is 0 Å². The fourth-order valence-electron chi connectivity index (χ4n) is 3.98. The molecule has 0 amide bonds. The van der Waals surface area contributed by atoms with Gasteiger partial charge in [-0.25, -0.2) is 17.4 Å². The van der Waals surface area contributed by atoms with Gasteiger partial charge in [0.1, 0.15) is 16.7 Å². The SMILES string of the molecule is CC(C)CC1CN(c2cccc3c2ncn3S(=O)(=O)c2ccccc2Cl)CCN1. The standard InChI is InChI=1S/C21H25ClN4O2S/c1-15(2)12-16-13-25(11-10-23-16)18-7-5-8-19-21(18)24-14-26(19)29(27,28)20-9-4-3-6-17(20)22/h3-9,14-16,23H,10-13H2,1-2H3. The summed E-state index contributed by atoms with van der Waals surface area (Å²) < 4.78 is 27.6. The lowest BCUT2D eigenvalue weighted by molar-refractivity contribution is 0.388. The molecule has 0 spiro atoms. The molecule has 1 aliphatic heterocycles. The first-order valence-corrected chi connectivity index (χ1v) is 11.6. The van der Waals surface area contributed by atoms with Gasteiger partial charge in [0.05, 0.1) is 16.2 Å². The first kappa shape index (κ1) is 20.2. The molecule has 3 aromatic rings. The molecule has 2 aromatic carbocycles. The second kappa shape index (κ2) is 7.97. The van der Waals surface area contributed by atoms with E-state index >= 15 is 0 Å². The third kappa shape index (κ3) is 3.86. The van der Waals surface area contributed by atoms with Crippen LogP contribution < -0.4 is 10.2 Å². The molecule has 2 heterocycles. The first-order valence-electron chi connectivity index (χ1n) is 9.82. The zero-order chi connectivity index (χ0) is 20.6. The second-order valence-electron chi connectivity index (χ2n) is 7.85. The summed E-state index contributed by atoms with van der Waals surface area (Å²) in [6, 6.07) is 12.6. The summed E-state index contributed by atoms with van der Waals surface area (Å²) in [6.45, 7) is 7.08. The summed E-state index contributed by atoms with van der Waals surface area (Å²) in [5, 5.41) is 3.78. The van der Waals surface area contributed by atoms with Gasteiger partial charge in [-0.15, -0.1) is 0 Å².